The number of hydrogen-bond donors (Lipinski definition) is 1. The number of ether oxygens (including phenoxy) is 1. The van der Waals surface area contributed by atoms with Gasteiger partial charge in [-0.3, -0.25) is 4.79 Å². The van der Waals surface area contributed by atoms with Gasteiger partial charge in [-0.05, 0) is 51.2 Å². The lowest BCUT2D eigenvalue weighted by atomic mass is 10.0. The van der Waals surface area contributed by atoms with Crippen LogP contribution in [0.5, 0.6) is 0 Å². The van der Waals surface area contributed by atoms with Gasteiger partial charge in [-0.25, -0.2) is 0 Å². The van der Waals surface area contributed by atoms with Gasteiger partial charge in [0.1, 0.15) is 0 Å². The summed E-state index contributed by atoms with van der Waals surface area (Å²) in [6, 6.07) is 4.20. The van der Waals surface area contributed by atoms with Crippen LogP contribution in [0, 0.1) is 20.8 Å². The molecule has 1 amide bonds. The molecule has 0 aliphatic carbocycles. The Balaban J connectivity index is 1.91. The SMILES string of the molecule is Cc1cc(C)c(NC(=O)CC[C@@H]2CCCO2)c(C)c1. The van der Waals surface area contributed by atoms with Gasteiger partial charge in [0.15, 0.2) is 0 Å². The first kappa shape index (κ1) is 14.1. The molecule has 0 radical (unpaired) electrons. The molecule has 1 heterocycles. The molecule has 2 rings (SSSR count). The number of amides is 1. The van der Waals surface area contributed by atoms with E-state index in [9.17, 15) is 4.79 Å². The second-order valence-electron chi connectivity index (χ2n) is 5.50. The second kappa shape index (κ2) is 6.20. The van der Waals surface area contributed by atoms with E-state index in [1.807, 2.05) is 13.8 Å². The molecule has 1 aliphatic rings. The fourth-order valence-corrected chi connectivity index (χ4v) is 2.74. The van der Waals surface area contributed by atoms with Crippen molar-refractivity contribution in [3.05, 3.63) is 28.8 Å². The average molecular weight is 261 g/mol. The Kier molecular flexibility index (Phi) is 4.59. The van der Waals surface area contributed by atoms with Crippen molar-refractivity contribution in [1.29, 1.82) is 0 Å². The molecule has 0 aromatic heterocycles. The molecular weight excluding hydrogens is 238 g/mol. The van der Waals surface area contributed by atoms with Crippen LogP contribution in [0.2, 0.25) is 0 Å². The average Bonchev–Trinajstić information content (AvgIpc) is 2.84. The summed E-state index contributed by atoms with van der Waals surface area (Å²) >= 11 is 0. The Bertz CT molecular complexity index is 439. The molecule has 1 fully saturated rings. The molecule has 1 saturated heterocycles. The second-order valence-corrected chi connectivity index (χ2v) is 5.50. The third-order valence-corrected chi connectivity index (χ3v) is 3.66. The number of rotatable bonds is 4. The highest BCUT2D eigenvalue weighted by Gasteiger charge is 2.17. The molecule has 19 heavy (non-hydrogen) atoms. The lowest BCUT2D eigenvalue weighted by Gasteiger charge is -2.14. The molecule has 1 atom stereocenters. The summed E-state index contributed by atoms with van der Waals surface area (Å²) in [5, 5.41) is 3.04. The molecule has 1 N–H and O–H groups in total. The zero-order valence-electron chi connectivity index (χ0n) is 12.1. The maximum Gasteiger partial charge on any atom is 0.224 e. The van der Waals surface area contributed by atoms with Crippen LogP contribution in [-0.4, -0.2) is 18.6 Å². The van der Waals surface area contributed by atoms with Crippen LogP contribution in [0.3, 0.4) is 0 Å². The summed E-state index contributed by atoms with van der Waals surface area (Å²) in [6.45, 7) is 7.00. The Morgan fingerprint density at radius 2 is 2.00 bits per heavy atom. The lowest BCUT2D eigenvalue weighted by molar-refractivity contribution is -0.116. The number of hydrogen-bond acceptors (Lipinski definition) is 2. The molecule has 0 bridgehead atoms. The van der Waals surface area contributed by atoms with Crippen molar-refractivity contribution in [2.24, 2.45) is 0 Å². The first-order valence-electron chi connectivity index (χ1n) is 7.05. The zero-order valence-corrected chi connectivity index (χ0v) is 12.1. The van der Waals surface area contributed by atoms with Gasteiger partial charge in [-0.2, -0.15) is 0 Å². The summed E-state index contributed by atoms with van der Waals surface area (Å²) in [5.74, 6) is 0.0885. The van der Waals surface area contributed by atoms with Gasteiger partial charge >= 0.3 is 0 Å². The van der Waals surface area contributed by atoms with E-state index < -0.39 is 0 Å². The molecular formula is C16H23NO2. The highest BCUT2D eigenvalue weighted by atomic mass is 16.5. The summed E-state index contributed by atoms with van der Waals surface area (Å²) in [4.78, 5) is 12.0. The number of nitrogens with one attached hydrogen (secondary N) is 1. The number of benzene rings is 1. The third-order valence-electron chi connectivity index (χ3n) is 3.66. The molecule has 0 spiro atoms. The van der Waals surface area contributed by atoms with Gasteiger partial charge in [0.25, 0.3) is 0 Å². The van der Waals surface area contributed by atoms with Gasteiger partial charge in [-0.1, -0.05) is 17.7 Å². The Morgan fingerprint density at radius 3 is 2.58 bits per heavy atom. The highest BCUT2D eigenvalue weighted by Crippen LogP contribution is 2.23. The molecule has 3 nitrogen and oxygen atoms in total. The van der Waals surface area contributed by atoms with Crippen molar-refractivity contribution in [1.82, 2.24) is 0 Å². The topological polar surface area (TPSA) is 38.3 Å². The Morgan fingerprint density at radius 1 is 1.32 bits per heavy atom. The third kappa shape index (κ3) is 3.80. The molecule has 0 saturated carbocycles. The number of carbonyl (C=O) groups is 1. The minimum atomic E-state index is 0.0885. The summed E-state index contributed by atoms with van der Waals surface area (Å²) in [6.07, 6.45) is 3.87. The standard InChI is InChI=1S/C16H23NO2/c1-11-9-12(2)16(13(3)10-11)17-15(18)7-6-14-5-4-8-19-14/h9-10,14H,4-8H2,1-3H3,(H,17,18)/t14-/m0/s1. The van der Waals surface area contributed by atoms with Crippen LogP contribution in [0.1, 0.15) is 42.4 Å². The van der Waals surface area contributed by atoms with Crippen LogP contribution in [-0.2, 0) is 9.53 Å². The highest BCUT2D eigenvalue weighted by molar-refractivity contribution is 5.92. The maximum absolute atomic E-state index is 12.0. The van der Waals surface area contributed by atoms with E-state index in [1.165, 1.54) is 5.56 Å². The van der Waals surface area contributed by atoms with Gasteiger partial charge in [0, 0.05) is 18.7 Å². The number of carbonyl (C=O) groups excluding carboxylic acids is 1. The van der Waals surface area contributed by atoms with E-state index in [-0.39, 0.29) is 12.0 Å². The predicted molar refractivity (Wildman–Crippen MR) is 77.5 cm³/mol. The first-order chi connectivity index (χ1) is 9.06. The quantitative estimate of drug-likeness (QED) is 0.900. The normalized spacial score (nSPS) is 18.6. The molecule has 3 heteroatoms. The Hall–Kier alpha value is -1.35. The monoisotopic (exact) mass is 261 g/mol. The van der Waals surface area contributed by atoms with Crippen LogP contribution < -0.4 is 5.32 Å². The molecule has 1 aromatic carbocycles. The van der Waals surface area contributed by atoms with Gasteiger partial charge in [0.2, 0.25) is 5.91 Å². The van der Waals surface area contributed by atoms with E-state index in [0.29, 0.717) is 6.42 Å². The Labute approximate surface area is 115 Å². The molecule has 1 aliphatic heterocycles. The van der Waals surface area contributed by atoms with Gasteiger partial charge < -0.3 is 10.1 Å². The van der Waals surface area contributed by atoms with Crippen molar-refractivity contribution in [3.8, 4) is 0 Å². The van der Waals surface area contributed by atoms with Crippen molar-refractivity contribution in [2.45, 2.75) is 52.6 Å². The van der Waals surface area contributed by atoms with E-state index in [2.05, 4.69) is 24.4 Å². The number of aryl methyl sites for hydroxylation is 3. The minimum absolute atomic E-state index is 0.0885. The molecule has 1 aromatic rings. The number of anilines is 1. The lowest BCUT2D eigenvalue weighted by Crippen LogP contribution is -2.16. The first-order valence-corrected chi connectivity index (χ1v) is 7.05. The largest absolute Gasteiger partial charge is 0.378 e. The zero-order chi connectivity index (χ0) is 13.8. The van der Waals surface area contributed by atoms with Gasteiger partial charge in [-0.15, -0.1) is 0 Å². The van der Waals surface area contributed by atoms with E-state index in [0.717, 1.165) is 42.7 Å². The fraction of sp³-hybridized carbons (Fsp3) is 0.562. The smallest absolute Gasteiger partial charge is 0.224 e. The molecule has 104 valence electrons. The summed E-state index contributed by atoms with van der Waals surface area (Å²) in [5.41, 5.74) is 4.45. The van der Waals surface area contributed by atoms with E-state index in [1.54, 1.807) is 0 Å². The van der Waals surface area contributed by atoms with E-state index in [4.69, 9.17) is 4.74 Å². The van der Waals surface area contributed by atoms with Gasteiger partial charge in [0.05, 0.1) is 6.10 Å². The molecule has 0 unspecified atom stereocenters. The van der Waals surface area contributed by atoms with Crippen molar-refractivity contribution in [3.63, 3.8) is 0 Å². The maximum atomic E-state index is 12.0. The van der Waals surface area contributed by atoms with Crippen LogP contribution in [0.25, 0.3) is 0 Å². The van der Waals surface area contributed by atoms with Crippen LogP contribution >= 0.6 is 0 Å². The van der Waals surface area contributed by atoms with E-state index >= 15 is 0 Å². The van der Waals surface area contributed by atoms with Crippen molar-refractivity contribution in [2.75, 3.05) is 11.9 Å². The summed E-state index contributed by atoms with van der Waals surface area (Å²) < 4.78 is 5.54. The van der Waals surface area contributed by atoms with Crippen molar-refractivity contribution < 1.29 is 9.53 Å². The fourth-order valence-electron chi connectivity index (χ4n) is 2.74. The predicted octanol–water partition coefficient (Wildman–Crippen LogP) is 3.51. The summed E-state index contributed by atoms with van der Waals surface area (Å²) in [7, 11) is 0. The van der Waals surface area contributed by atoms with Crippen LogP contribution in [0.4, 0.5) is 5.69 Å². The minimum Gasteiger partial charge on any atom is -0.378 e. The van der Waals surface area contributed by atoms with Crippen molar-refractivity contribution >= 4 is 11.6 Å². The van der Waals surface area contributed by atoms with Crippen LogP contribution in [0.15, 0.2) is 12.1 Å².